The molecule has 1 atom stereocenters. The van der Waals surface area contributed by atoms with Crippen LogP contribution in [0.5, 0.6) is 0 Å². The first-order chi connectivity index (χ1) is 8.69. The van der Waals surface area contributed by atoms with Crippen LogP contribution in [-0.4, -0.2) is 29.8 Å². The van der Waals surface area contributed by atoms with E-state index >= 15 is 0 Å². The molecular weight excluding hydrogens is 314 g/mol. The summed E-state index contributed by atoms with van der Waals surface area (Å²) in [6.07, 6.45) is 2.61. The first kappa shape index (κ1) is 13.9. The Kier molecular flexibility index (Phi) is 5.07. The number of carbonyl (C=O) groups is 1. The van der Waals surface area contributed by atoms with Gasteiger partial charge >= 0.3 is 0 Å². The molecular formula is C14H17BrClNO. The summed E-state index contributed by atoms with van der Waals surface area (Å²) < 4.78 is 1.04. The number of hydrogen-bond acceptors (Lipinski definition) is 1. The van der Waals surface area contributed by atoms with Gasteiger partial charge in [-0.05, 0) is 36.5 Å². The van der Waals surface area contributed by atoms with Gasteiger partial charge in [-0.1, -0.05) is 28.1 Å². The van der Waals surface area contributed by atoms with Crippen molar-refractivity contribution in [3.05, 3.63) is 34.3 Å². The lowest BCUT2D eigenvalue weighted by molar-refractivity contribution is -0.129. The number of nitrogens with zero attached hydrogens (tertiary/aromatic N) is 1. The molecule has 98 valence electrons. The second-order valence-corrected chi connectivity index (χ2v) is 6.07. The SMILES string of the molecule is O=C(Cc1ccc(Br)cc1)N1CCC(CCCl)C1. The summed E-state index contributed by atoms with van der Waals surface area (Å²) in [7, 11) is 0. The molecule has 18 heavy (non-hydrogen) atoms. The topological polar surface area (TPSA) is 20.3 Å². The first-order valence-corrected chi connectivity index (χ1v) is 7.60. The largest absolute Gasteiger partial charge is 0.342 e. The molecule has 1 fully saturated rings. The highest BCUT2D eigenvalue weighted by Gasteiger charge is 2.25. The van der Waals surface area contributed by atoms with E-state index in [1.54, 1.807) is 0 Å². The van der Waals surface area contributed by atoms with Crippen LogP contribution in [0.15, 0.2) is 28.7 Å². The monoisotopic (exact) mass is 329 g/mol. The van der Waals surface area contributed by atoms with E-state index in [-0.39, 0.29) is 5.91 Å². The summed E-state index contributed by atoms with van der Waals surface area (Å²) in [5.74, 6) is 1.52. The first-order valence-electron chi connectivity index (χ1n) is 6.27. The van der Waals surface area contributed by atoms with E-state index in [1.165, 1.54) is 0 Å². The van der Waals surface area contributed by atoms with Gasteiger partial charge in [0, 0.05) is 23.4 Å². The maximum Gasteiger partial charge on any atom is 0.226 e. The van der Waals surface area contributed by atoms with Crippen LogP contribution in [0.25, 0.3) is 0 Å². The molecule has 2 nitrogen and oxygen atoms in total. The fourth-order valence-corrected chi connectivity index (χ4v) is 2.91. The van der Waals surface area contributed by atoms with Crippen molar-refractivity contribution in [1.29, 1.82) is 0 Å². The van der Waals surface area contributed by atoms with Crippen molar-refractivity contribution >= 4 is 33.4 Å². The lowest BCUT2D eigenvalue weighted by Gasteiger charge is -2.16. The molecule has 0 N–H and O–H groups in total. The fraction of sp³-hybridized carbons (Fsp3) is 0.500. The minimum atomic E-state index is 0.231. The Morgan fingerprint density at radius 1 is 1.39 bits per heavy atom. The summed E-state index contributed by atoms with van der Waals surface area (Å²) in [5, 5.41) is 0. The van der Waals surface area contributed by atoms with Crippen molar-refractivity contribution in [1.82, 2.24) is 4.90 Å². The Bertz CT molecular complexity index is 407. The van der Waals surface area contributed by atoms with Gasteiger partial charge in [-0.25, -0.2) is 0 Å². The molecule has 0 aliphatic carbocycles. The van der Waals surface area contributed by atoms with Gasteiger partial charge in [0.15, 0.2) is 0 Å². The average molecular weight is 331 g/mol. The summed E-state index contributed by atoms with van der Waals surface area (Å²) in [6.45, 7) is 1.76. The number of carbonyl (C=O) groups excluding carboxylic acids is 1. The maximum atomic E-state index is 12.1. The maximum absolute atomic E-state index is 12.1. The highest BCUT2D eigenvalue weighted by atomic mass is 79.9. The molecule has 1 heterocycles. The minimum absolute atomic E-state index is 0.231. The van der Waals surface area contributed by atoms with Gasteiger partial charge in [0.2, 0.25) is 5.91 Å². The highest BCUT2D eigenvalue weighted by molar-refractivity contribution is 9.10. The van der Waals surface area contributed by atoms with Crippen molar-refractivity contribution in [2.75, 3.05) is 19.0 Å². The summed E-state index contributed by atoms with van der Waals surface area (Å²) in [6, 6.07) is 7.94. The van der Waals surface area contributed by atoms with Gasteiger partial charge in [0.1, 0.15) is 0 Å². The van der Waals surface area contributed by atoms with Crippen molar-refractivity contribution in [3.8, 4) is 0 Å². The van der Waals surface area contributed by atoms with Crippen molar-refractivity contribution in [2.45, 2.75) is 19.3 Å². The zero-order valence-corrected chi connectivity index (χ0v) is 12.6. The van der Waals surface area contributed by atoms with E-state index in [4.69, 9.17) is 11.6 Å². The Morgan fingerprint density at radius 3 is 2.78 bits per heavy atom. The predicted octanol–water partition coefficient (Wildman–Crippen LogP) is 3.47. The van der Waals surface area contributed by atoms with Crippen LogP contribution < -0.4 is 0 Å². The van der Waals surface area contributed by atoms with Gasteiger partial charge < -0.3 is 4.90 Å². The zero-order chi connectivity index (χ0) is 13.0. The van der Waals surface area contributed by atoms with Crippen LogP contribution >= 0.6 is 27.5 Å². The molecule has 0 bridgehead atoms. The quantitative estimate of drug-likeness (QED) is 0.774. The molecule has 0 spiro atoms. The molecule has 1 aliphatic rings. The molecule has 0 aromatic heterocycles. The van der Waals surface area contributed by atoms with Crippen LogP contribution in [0.4, 0.5) is 0 Å². The third kappa shape index (κ3) is 3.72. The van der Waals surface area contributed by atoms with Crippen molar-refractivity contribution in [3.63, 3.8) is 0 Å². The number of amides is 1. The molecule has 1 unspecified atom stereocenters. The molecule has 0 saturated carbocycles. The number of benzene rings is 1. The fourth-order valence-electron chi connectivity index (χ4n) is 2.34. The van der Waals surface area contributed by atoms with Gasteiger partial charge in [-0.2, -0.15) is 0 Å². The number of alkyl halides is 1. The van der Waals surface area contributed by atoms with Crippen LogP contribution in [0.2, 0.25) is 0 Å². The number of hydrogen-bond donors (Lipinski definition) is 0. The molecule has 1 aliphatic heterocycles. The van der Waals surface area contributed by atoms with Gasteiger partial charge in [-0.15, -0.1) is 11.6 Å². The van der Waals surface area contributed by atoms with Crippen molar-refractivity contribution < 1.29 is 4.79 Å². The average Bonchev–Trinajstić information content (AvgIpc) is 2.81. The third-order valence-electron chi connectivity index (χ3n) is 3.42. The third-order valence-corrected chi connectivity index (χ3v) is 4.17. The standard InChI is InChI=1S/C14H17BrClNO/c15-13-3-1-11(2-4-13)9-14(18)17-8-6-12(10-17)5-7-16/h1-4,12H,5-10H2. The van der Waals surface area contributed by atoms with Crippen LogP contribution in [0, 0.1) is 5.92 Å². The minimum Gasteiger partial charge on any atom is -0.342 e. The Labute approximate surface area is 121 Å². The Balaban J connectivity index is 1.87. The van der Waals surface area contributed by atoms with E-state index in [0.717, 1.165) is 36.0 Å². The summed E-state index contributed by atoms with van der Waals surface area (Å²) in [5.41, 5.74) is 1.07. The molecule has 1 saturated heterocycles. The van der Waals surface area contributed by atoms with Crippen LogP contribution in [-0.2, 0) is 11.2 Å². The van der Waals surface area contributed by atoms with Gasteiger partial charge in [0.25, 0.3) is 0 Å². The summed E-state index contributed by atoms with van der Waals surface area (Å²) >= 11 is 9.14. The lowest BCUT2D eigenvalue weighted by atomic mass is 10.1. The summed E-state index contributed by atoms with van der Waals surface area (Å²) in [4.78, 5) is 14.1. The highest BCUT2D eigenvalue weighted by Crippen LogP contribution is 2.21. The van der Waals surface area contributed by atoms with Crippen LogP contribution in [0.3, 0.4) is 0 Å². The normalized spacial score (nSPS) is 19.2. The van der Waals surface area contributed by atoms with E-state index in [0.29, 0.717) is 18.2 Å². The lowest BCUT2D eigenvalue weighted by Crippen LogP contribution is -2.30. The smallest absolute Gasteiger partial charge is 0.226 e. The molecule has 2 rings (SSSR count). The molecule has 1 aromatic carbocycles. The molecule has 1 aromatic rings. The zero-order valence-electron chi connectivity index (χ0n) is 10.2. The van der Waals surface area contributed by atoms with Gasteiger partial charge in [-0.3, -0.25) is 4.79 Å². The van der Waals surface area contributed by atoms with E-state index < -0.39 is 0 Å². The van der Waals surface area contributed by atoms with Gasteiger partial charge in [0.05, 0.1) is 6.42 Å². The predicted molar refractivity (Wildman–Crippen MR) is 77.9 cm³/mol. The van der Waals surface area contributed by atoms with Crippen molar-refractivity contribution in [2.24, 2.45) is 5.92 Å². The Hall–Kier alpha value is -0.540. The number of halogens is 2. The molecule has 4 heteroatoms. The second-order valence-electron chi connectivity index (χ2n) is 4.78. The number of rotatable bonds is 4. The van der Waals surface area contributed by atoms with E-state index in [2.05, 4.69) is 15.9 Å². The number of likely N-dealkylation sites (tertiary alicyclic amines) is 1. The second kappa shape index (κ2) is 6.58. The molecule has 1 amide bonds. The van der Waals surface area contributed by atoms with E-state index in [1.807, 2.05) is 29.2 Å². The Morgan fingerprint density at radius 2 is 2.11 bits per heavy atom. The molecule has 0 radical (unpaired) electrons. The van der Waals surface area contributed by atoms with E-state index in [9.17, 15) is 4.79 Å². The van der Waals surface area contributed by atoms with Crippen LogP contribution in [0.1, 0.15) is 18.4 Å².